The second-order valence-electron chi connectivity index (χ2n) is 12.1. The molecule has 0 aromatic heterocycles. The molecule has 0 aliphatic heterocycles. The highest BCUT2D eigenvalue weighted by molar-refractivity contribution is 5.93. The van der Waals surface area contributed by atoms with Crippen LogP contribution in [0.3, 0.4) is 0 Å². The first-order valence-electron chi connectivity index (χ1n) is 14.3. The maximum Gasteiger partial charge on any atom is 0.408 e. The summed E-state index contributed by atoms with van der Waals surface area (Å²) in [4.78, 5) is 43.0. The molecule has 1 aliphatic carbocycles. The summed E-state index contributed by atoms with van der Waals surface area (Å²) in [5.74, 6) is -0.261. The standard InChI is InChI=1S/C32H45N3O5/c1-8-10-22(4)33-29(37)28(24-12-9-11-20(2)17-24)35(27-18-21(27)3)30(38)26(34-31(39)40-32(5,6)7)19-23-13-15-25(36)16-14-23/h9,11-17,21-22,26-28,36H,8,10,18-19H2,1-7H3,(H,33,37)(H,34,39). The van der Waals surface area contributed by atoms with Gasteiger partial charge in [-0.2, -0.15) is 0 Å². The van der Waals surface area contributed by atoms with Crippen LogP contribution in [0.25, 0.3) is 0 Å². The van der Waals surface area contributed by atoms with Crippen molar-refractivity contribution in [3.05, 3.63) is 65.2 Å². The van der Waals surface area contributed by atoms with Crippen LogP contribution in [-0.4, -0.2) is 51.6 Å². The molecule has 3 N–H and O–H groups in total. The number of nitrogens with one attached hydrogen (secondary N) is 2. The first-order valence-corrected chi connectivity index (χ1v) is 14.3. The van der Waals surface area contributed by atoms with E-state index in [0.717, 1.165) is 36.0 Å². The Morgan fingerprint density at radius 1 is 1.10 bits per heavy atom. The van der Waals surface area contributed by atoms with Crippen molar-refractivity contribution >= 4 is 17.9 Å². The first-order chi connectivity index (χ1) is 18.8. The van der Waals surface area contributed by atoms with Gasteiger partial charge in [0, 0.05) is 18.5 Å². The number of aryl methyl sites for hydroxylation is 1. The van der Waals surface area contributed by atoms with Crippen molar-refractivity contribution in [3.63, 3.8) is 0 Å². The van der Waals surface area contributed by atoms with Crippen molar-refractivity contribution in [2.24, 2.45) is 5.92 Å². The van der Waals surface area contributed by atoms with Crippen molar-refractivity contribution < 1.29 is 24.2 Å². The molecule has 1 fully saturated rings. The largest absolute Gasteiger partial charge is 0.508 e. The van der Waals surface area contributed by atoms with Gasteiger partial charge in [-0.05, 0) is 76.6 Å². The van der Waals surface area contributed by atoms with E-state index < -0.39 is 23.8 Å². The van der Waals surface area contributed by atoms with Gasteiger partial charge in [0.1, 0.15) is 23.4 Å². The van der Waals surface area contributed by atoms with Crippen LogP contribution in [-0.2, 0) is 20.7 Å². The van der Waals surface area contributed by atoms with E-state index >= 15 is 0 Å². The Hall–Kier alpha value is -3.55. The number of amides is 3. The van der Waals surface area contributed by atoms with Crippen LogP contribution < -0.4 is 10.6 Å². The Morgan fingerprint density at radius 2 is 1.75 bits per heavy atom. The van der Waals surface area contributed by atoms with Crippen LogP contribution in [0.2, 0.25) is 0 Å². The maximum absolute atomic E-state index is 14.5. The highest BCUT2D eigenvalue weighted by atomic mass is 16.6. The van der Waals surface area contributed by atoms with Gasteiger partial charge in [-0.3, -0.25) is 9.59 Å². The molecule has 8 nitrogen and oxygen atoms in total. The van der Waals surface area contributed by atoms with E-state index in [1.54, 1.807) is 49.9 Å². The van der Waals surface area contributed by atoms with Gasteiger partial charge >= 0.3 is 6.09 Å². The van der Waals surface area contributed by atoms with E-state index in [9.17, 15) is 19.5 Å². The van der Waals surface area contributed by atoms with E-state index in [2.05, 4.69) is 24.5 Å². The summed E-state index contributed by atoms with van der Waals surface area (Å²) in [7, 11) is 0. The highest BCUT2D eigenvalue weighted by Gasteiger charge is 2.48. The Labute approximate surface area is 238 Å². The topological polar surface area (TPSA) is 108 Å². The monoisotopic (exact) mass is 551 g/mol. The lowest BCUT2D eigenvalue weighted by atomic mass is 9.98. The number of phenolic OH excluding ortho intramolecular Hbond substituents is 1. The lowest BCUT2D eigenvalue weighted by molar-refractivity contribution is -0.143. The number of carbonyl (C=O) groups is 3. The summed E-state index contributed by atoms with van der Waals surface area (Å²) in [6.07, 6.45) is 1.98. The Balaban J connectivity index is 2.04. The third-order valence-electron chi connectivity index (χ3n) is 7.04. The minimum absolute atomic E-state index is 0.0499. The molecule has 2 aromatic rings. The van der Waals surface area contributed by atoms with E-state index in [0.29, 0.717) is 0 Å². The van der Waals surface area contributed by atoms with Gasteiger partial charge in [-0.1, -0.05) is 62.2 Å². The Morgan fingerprint density at radius 3 is 2.30 bits per heavy atom. The summed E-state index contributed by atoms with van der Waals surface area (Å²) in [5.41, 5.74) is 1.72. The number of rotatable bonds is 11. The fourth-order valence-electron chi connectivity index (χ4n) is 4.98. The molecule has 40 heavy (non-hydrogen) atoms. The molecule has 5 unspecified atom stereocenters. The van der Waals surface area contributed by atoms with E-state index in [-0.39, 0.29) is 42.0 Å². The normalized spacial score (nSPS) is 18.7. The number of nitrogens with zero attached hydrogens (tertiary/aromatic N) is 1. The van der Waals surface area contributed by atoms with E-state index in [1.165, 1.54) is 0 Å². The summed E-state index contributed by atoms with van der Waals surface area (Å²) in [6, 6.07) is 12.2. The minimum atomic E-state index is -0.986. The van der Waals surface area contributed by atoms with Gasteiger partial charge in [-0.15, -0.1) is 0 Å². The number of hydrogen-bond donors (Lipinski definition) is 3. The van der Waals surface area contributed by atoms with Gasteiger partial charge in [0.05, 0.1) is 0 Å². The SMILES string of the molecule is CCCC(C)NC(=O)C(c1cccc(C)c1)N(C(=O)C(Cc1ccc(O)cc1)NC(=O)OC(C)(C)C)C1CC1C. The smallest absolute Gasteiger partial charge is 0.408 e. The molecule has 3 amide bonds. The van der Waals surface area contributed by atoms with E-state index in [1.807, 2.05) is 38.1 Å². The Kier molecular flexibility index (Phi) is 10.2. The van der Waals surface area contributed by atoms with E-state index in [4.69, 9.17) is 4.74 Å². The quantitative estimate of drug-likeness (QED) is 0.346. The second-order valence-corrected chi connectivity index (χ2v) is 12.1. The van der Waals surface area contributed by atoms with Crippen LogP contribution in [0.4, 0.5) is 4.79 Å². The van der Waals surface area contributed by atoms with Gasteiger partial charge in [0.25, 0.3) is 0 Å². The van der Waals surface area contributed by atoms with Gasteiger partial charge in [-0.25, -0.2) is 4.79 Å². The zero-order valence-electron chi connectivity index (χ0n) is 24.9. The molecule has 5 atom stereocenters. The van der Waals surface area contributed by atoms with Crippen molar-refractivity contribution in [1.29, 1.82) is 0 Å². The second kappa shape index (κ2) is 13.2. The highest BCUT2D eigenvalue weighted by Crippen LogP contribution is 2.41. The summed E-state index contributed by atoms with van der Waals surface area (Å²) in [5, 5.41) is 15.7. The fraction of sp³-hybridized carbons (Fsp3) is 0.531. The van der Waals surface area contributed by atoms with Crippen molar-refractivity contribution in [3.8, 4) is 5.75 Å². The van der Waals surface area contributed by atoms with Gasteiger partial charge in [0.15, 0.2) is 0 Å². The molecule has 1 saturated carbocycles. The lowest BCUT2D eigenvalue weighted by Crippen LogP contribution is -2.55. The van der Waals surface area contributed by atoms with Crippen LogP contribution in [0.15, 0.2) is 48.5 Å². The maximum atomic E-state index is 14.5. The average molecular weight is 552 g/mol. The molecule has 0 spiro atoms. The zero-order valence-corrected chi connectivity index (χ0v) is 24.9. The molecule has 8 heteroatoms. The molecule has 0 saturated heterocycles. The first kappa shape index (κ1) is 31.0. The van der Waals surface area contributed by atoms with Crippen molar-refractivity contribution in [2.75, 3.05) is 0 Å². The minimum Gasteiger partial charge on any atom is -0.508 e. The molecular weight excluding hydrogens is 506 g/mol. The van der Waals surface area contributed by atoms with Crippen molar-refractivity contribution in [1.82, 2.24) is 15.5 Å². The van der Waals surface area contributed by atoms with Crippen LogP contribution in [0.5, 0.6) is 5.75 Å². The number of ether oxygens (including phenoxy) is 1. The third kappa shape index (κ3) is 8.73. The van der Waals surface area contributed by atoms with Gasteiger partial charge < -0.3 is 25.4 Å². The number of hydrogen-bond acceptors (Lipinski definition) is 5. The summed E-state index contributed by atoms with van der Waals surface area (Å²) < 4.78 is 5.50. The average Bonchev–Trinajstić information content (AvgIpc) is 3.57. The number of aromatic hydroxyl groups is 1. The summed E-state index contributed by atoms with van der Waals surface area (Å²) >= 11 is 0. The number of phenols is 1. The molecule has 0 heterocycles. The van der Waals surface area contributed by atoms with Crippen molar-refractivity contribution in [2.45, 2.75) is 104 Å². The summed E-state index contributed by atoms with van der Waals surface area (Å²) in [6.45, 7) is 13.3. The number of carbonyl (C=O) groups excluding carboxylic acids is 3. The lowest BCUT2D eigenvalue weighted by Gasteiger charge is -2.35. The van der Waals surface area contributed by atoms with Crippen LogP contribution in [0, 0.1) is 12.8 Å². The molecule has 0 bridgehead atoms. The number of benzene rings is 2. The molecular formula is C32H45N3O5. The number of alkyl carbamates (subject to hydrolysis) is 1. The molecule has 0 radical (unpaired) electrons. The predicted molar refractivity (Wildman–Crippen MR) is 156 cm³/mol. The molecule has 2 aromatic carbocycles. The van der Waals surface area contributed by atoms with Crippen LogP contribution in [0.1, 0.15) is 83.5 Å². The molecule has 1 aliphatic rings. The Bertz CT molecular complexity index is 1170. The zero-order chi connectivity index (χ0) is 29.6. The fourth-order valence-corrected chi connectivity index (χ4v) is 4.98. The molecule has 3 rings (SSSR count). The van der Waals surface area contributed by atoms with Gasteiger partial charge in [0.2, 0.25) is 11.8 Å². The third-order valence-corrected chi connectivity index (χ3v) is 7.04. The molecule has 218 valence electrons. The van der Waals surface area contributed by atoms with Crippen LogP contribution >= 0.6 is 0 Å². The predicted octanol–water partition coefficient (Wildman–Crippen LogP) is 5.42.